The van der Waals surface area contributed by atoms with Gasteiger partial charge in [-0.2, -0.15) is 10.2 Å². The lowest BCUT2D eigenvalue weighted by molar-refractivity contribution is -0.383. The van der Waals surface area contributed by atoms with Gasteiger partial charge in [0.2, 0.25) is 0 Å². The fourth-order valence-corrected chi connectivity index (χ4v) is 1.58. The molecule has 0 aliphatic heterocycles. The molecule has 2 N–H and O–H groups in total. The van der Waals surface area contributed by atoms with Gasteiger partial charge in [0.25, 0.3) is 5.69 Å². The van der Waals surface area contributed by atoms with Crippen molar-refractivity contribution in [3.05, 3.63) is 58.1 Å². The predicted molar refractivity (Wildman–Crippen MR) is 72.9 cm³/mol. The molecule has 0 spiro atoms. The molecule has 0 saturated carbocycles. The van der Waals surface area contributed by atoms with E-state index in [2.05, 4.69) is 10.2 Å². The van der Waals surface area contributed by atoms with Gasteiger partial charge in [0.1, 0.15) is 5.69 Å². The largest absolute Gasteiger partial charge is 0.393 e. The minimum Gasteiger partial charge on any atom is -0.393 e. The second-order valence-electron chi connectivity index (χ2n) is 3.99. The van der Waals surface area contributed by atoms with E-state index in [0.717, 1.165) is 5.56 Å². The molecule has 0 heterocycles. The maximum Gasteiger partial charge on any atom is 0.294 e. The van der Waals surface area contributed by atoms with Crippen molar-refractivity contribution in [1.82, 2.24) is 0 Å². The van der Waals surface area contributed by atoms with E-state index in [4.69, 9.17) is 5.73 Å². The normalized spacial score (nSPS) is 10.8. The van der Waals surface area contributed by atoms with Gasteiger partial charge >= 0.3 is 0 Å². The Balaban J connectivity index is 2.38. The van der Waals surface area contributed by atoms with Gasteiger partial charge in [-0.15, -0.1) is 0 Å². The van der Waals surface area contributed by atoms with Crippen LogP contribution < -0.4 is 5.73 Å². The first-order chi connectivity index (χ1) is 9.08. The summed E-state index contributed by atoms with van der Waals surface area (Å²) in [5, 5.41) is 18.9. The van der Waals surface area contributed by atoms with Crippen LogP contribution >= 0.6 is 0 Å². The molecule has 0 saturated heterocycles. The predicted octanol–water partition coefficient (Wildman–Crippen LogP) is 3.90. The average Bonchev–Trinajstić information content (AvgIpc) is 2.38. The molecule has 19 heavy (non-hydrogen) atoms. The number of nitrogens with zero attached hydrogens (tertiary/aromatic N) is 3. The summed E-state index contributed by atoms with van der Waals surface area (Å²) >= 11 is 0. The third kappa shape index (κ3) is 2.92. The smallest absolute Gasteiger partial charge is 0.294 e. The Morgan fingerprint density at radius 3 is 2.47 bits per heavy atom. The second-order valence-corrected chi connectivity index (χ2v) is 3.99. The maximum absolute atomic E-state index is 10.8. The molecule has 96 valence electrons. The number of nitro groups is 1. The fourth-order valence-electron chi connectivity index (χ4n) is 1.58. The summed E-state index contributed by atoms with van der Waals surface area (Å²) in [5.41, 5.74) is 7.41. The lowest BCUT2D eigenvalue weighted by Crippen LogP contribution is -1.95. The summed E-state index contributed by atoms with van der Waals surface area (Å²) in [6.45, 7) is 1.78. The molecular weight excluding hydrogens is 244 g/mol. The number of rotatable bonds is 3. The lowest BCUT2D eigenvalue weighted by atomic mass is 10.1. The van der Waals surface area contributed by atoms with Crippen LogP contribution in [0.4, 0.5) is 22.7 Å². The molecule has 2 rings (SSSR count). The van der Waals surface area contributed by atoms with Gasteiger partial charge in [-0.05, 0) is 30.7 Å². The van der Waals surface area contributed by atoms with Gasteiger partial charge in [0.05, 0.1) is 16.3 Å². The monoisotopic (exact) mass is 256 g/mol. The molecule has 0 atom stereocenters. The van der Waals surface area contributed by atoms with Crippen molar-refractivity contribution >= 4 is 22.7 Å². The van der Waals surface area contributed by atoms with Crippen LogP contribution in [0.25, 0.3) is 0 Å². The number of benzene rings is 2. The highest BCUT2D eigenvalue weighted by molar-refractivity contribution is 5.67. The van der Waals surface area contributed by atoms with E-state index in [0.29, 0.717) is 11.4 Å². The van der Waals surface area contributed by atoms with Crippen LogP contribution in [0.3, 0.4) is 0 Å². The van der Waals surface area contributed by atoms with Gasteiger partial charge in [0.15, 0.2) is 0 Å². The van der Waals surface area contributed by atoms with E-state index in [1.807, 2.05) is 18.2 Å². The molecule has 6 heteroatoms. The van der Waals surface area contributed by atoms with Crippen LogP contribution in [0.2, 0.25) is 0 Å². The van der Waals surface area contributed by atoms with E-state index >= 15 is 0 Å². The number of hydrogen-bond donors (Lipinski definition) is 1. The van der Waals surface area contributed by atoms with Crippen LogP contribution in [-0.4, -0.2) is 4.92 Å². The van der Waals surface area contributed by atoms with E-state index in [9.17, 15) is 10.1 Å². The van der Waals surface area contributed by atoms with Crippen LogP contribution in [0.1, 0.15) is 5.56 Å². The number of aryl methyl sites for hydroxylation is 1. The minimum atomic E-state index is -0.531. The summed E-state index contributed by atoms with van der Waals surface area (Å²) in [5.74, 6) is 0. The number of nitro benzene ring substituents is 1. The van der Waals surface area contributed by atoms with Crippen LogP contribution in [-0.2, 0) is 0 Å². The Labute approximate surface area is 109 Å². The van der Waals surface area contributed by atoms with Crippen molar-refractivity contribution in [3.63, 3.8) is 0 Å². The first-order valence-corrected chi connectivity index (χ1v) is 5.59. The number of hydrogen-bond acceptors (Lipinski definition) is 5. The molecular formula is C13H12N4O2. The van der Waals surface area contributed by atoms with Crippen LogP contribution in [0, 0.1) is 17.0 Å². The quantitative estimate of drug-likeness (QED) is 0.390. The zero-order valence-electron chi connectivity index (χ0n) is 10.3. The van der Waals surface area contributed by atoms with Gasteiger partial charge in [-0.25, -0.2) is 0 Å². The average molecular weight is 256 g/mol. The fraction of sp³-hybridized carbons (Fsp3) is 0.0769. The molecule has 0 aliphatic carbocycles. The topological polar surface area (TPSA) is 93.9 Å². The van der Waals surface area contributed by atoms with E-state index < -0.39 is 4.92 Å². The summed E-state index contributed by atoms with van der Waals surface area (Å²) < 4.78 is 0. The highest BCUT2D eigenvalue weighted by atomic mass is 16.6. The number of azo groups is 1. The molecule has 2 aromatic carbocycles. The van der Waals surface area contributed by atoms with Gasteiger partial charge in [-0.3, -0.25) is 10.1 Å². The van der Waals surface area contributed by atoms with Crippen LogP contribution in [0.15, 0.2) is 52.7 Å². The number of nitrogens with two attached hydrogens (primary N) is 1. The Hall–Kier alpha value is -2.76. The van der Waals surface area contributed by atoms with Crippen molar-refractivity contribution < 1.29 is 4.92 Å². The maximum atomic E-state index is 10.8. The molecule has 0 bridgehead atoms. The van der Waals surface area contributed by atoms with Crippen molar-refractivity contribution in [3.8, 4) is 0 Å². The third-order valence-electron chi connectivity index (χ3n) is 2.57. The lowest BCUT2D eigenvalue weighted by Gasteiger charge is -2.02. The van der Waals surface area contributed by atoms with E-state index in [-0.39, 0.29) is 11.4 Å². The zero-order valence-corrected chi connectivity index (χ0v) is 10.3. The van der Waals surface area contributed by atoms with Gasteiger partial charge in [0, 0.05) is 6.07 Å². The molecule has 0 amide bonds. The Morgan fingerprint density at radius 2 is 1.84 bits per heavy atom. The molecule has 0 aliphatic rings. The SMILES string of the molecule is Cc1cc(N)c([N+](=O)[O-])cc1N=Nc1ccccc1. The van der Waals surface area contributed by atoms with E-state index in [1.54, 1.807) is 19.1 Å². The third-order valence-corrected chi connectivity index (χ3v) is 2.57. The molecule has 0 fully saturated rings. The summed E-state index contributed by atoms with van der Waals surface area (Å²) in [4.78, 5) is 10.3. The van der Waals surface area contributed by atoms with E-state index in [1.165, 1.54) is 12.1 Å². The molecule has 2 aromatic rings. The molecule has 6 nitrogen and oxygen atoms in total. The highest BCUT2D eigenvalue weighted by Crippen LogP contribution is 2.31. The number of anilines is 1. The Bertz CT molecular complexity index is 639. The minimum absolute atomic E-state index is 0.126. The van der Waals surface area contributed by atoms with Crippen molar-refractivity contribution in [2.45, 2.75) is 6.92 Å². The first kappa shape index (κ1) is 12.7. The Morgan fingerprint density at radius 1 is 1.16 bits per heavy atom. The number of nitrogen functional groups attached to an aromatic ring is 1. The Kier molecular flexibility index (Phi) is 3.51. The van der Waals surface area contributed by atoms with Gasteiger partial charge < -0.3 is 5.73 Å². The van der Waals surface area contributed by atoms with Crippen molar-refractivity contribution in [1.29, 1.82) is 0 Å². The van der Waals surface area contributed by atoms with Crippen LogP contribution in [0.5, 0.6) is 0 Å². The van der Waals surface area contributed by atoms with Crippen molar-refractivity contribution in [2.75, 3.05) is 5.73 Å². The standard InChI is InChI=1S/C13H12N4O2/c1-9-7-11(14)13(17(18)19)8-12(9)16-15-10-5-3-2-4-6-10/h2-8H,14H2,1H3. The van der Waals surface area contributed by atoms with Crippen molar-refractivity contribution in [2.24, 2.45) is 10.2 Å². The molecule has 0 radical (unpaired) electrons. The highest BCUT2D eigenvalue weighted by Gasteiger charge is 2.14. The first-order valence-electron chi connectivity index (χ1n) is 5.59. The van der Waals surface area contributed by atoms with Gasteiger partial charge in [-0.1, -0.05) is 18.2 Å². The zero-order chi connectivity index (χ0) is 13.8. The second kappa shape index (κ2) is 5.26. The summed E-state index contributed by atoms with van der Waals surface area (Å²) in [6, 6.07) is 12.0. The molecule has 0 unspecified atom stereocenters. The summed E-state index contributed by atoms with van der Waals surface area (Å²) in [6.07, 6.45) is 0. The summed E-state index contributed by atoms with van der Waals surface area (Å²) in [7, 11) is 0. The molecule has 0 aromatic heterocycles.